The van der Waals surface area contributed by atoms with Crippen LogP contribution in [0.4, 0.5) is 18.9 Å². The molecule has 46 heavy (non-hydrogen) atoms. The van der Waals surface area contributed by atoms with Gasteiger partial charge in [-0.15, -0.1) is 0 Å². The van der Waals surface area contributed by atoms with Crippen molar-refractivity contribution in [1.82, 2.24) is 15.5 Å². The molecule has 0 aromatic heterocycles. The first-order valence-electron chi connectivity index (χ1n) is 14.3. The molecule has 0 saturated carbocycles. The van der Waals surface area contributed by atoms with Gasteiger partial charge in [-0.1, -0.05) is 72.8 Å². The van der Waals surface area contributed by atoms with Gasteiger partial charge in [0.25, 0.3) is 11.8 Å². The van der Waals surface area contributed by atoms with E-state index in [-0.39, 0.29) is 17.4 Å². The Hall–Kier alpha value is -5.23. The summed E-state index contributed by atoms with van der Waals surface area (Å²) >= 11 is 0. The molecular formula is C34H35F3N4O5. The molecule has 4 aromatic carbocycles. The quantitative estimate of drug-likeness (QED) is 0.169. The summed E-state index contributed by atoms with van der Waals surface area (Å²) in [6, 6.07) is 28.9. The van der Waals surface area contributed by atoms with Gasteiger partial charge in [-0.2, -0.15) is 13.2 Å². The van der Waals surface area contributed by atoms with Crippen LogP contribution >= 0.6 is 0 Å². The number of hydrogen-bond acceptors (Lipinski definition) is 5. The molecule has 9 nitrogen and oxygen atoms in total. The second-order valence-corrected chi connectivity index (χ2v) is 10.5. The van der Waals surface area contributed by atoms with Crippen molar-refractivity contribution in [3.63, 3.8) is 0 Å². The molecule has 0 heterocycles. The Morgan fingerprint density at radius 2 is 1.41 bits per heavy atom. The van der Waals surface area contributed by atoms with Crippen molar-refractivity contribution in [2.75, 3.05) is 32.5 Å². The SMILES string of the molecule is CN(C)CCCNC(=O)[C@H](Cc1ccccc1)NC(=O)c1ccccc1NC(=O)c1ccc2ccccc2c1.O=C(O)C(F)(F)F. The number of halogens is 3. The third-order valence-corrected chi connectivity index (χ3v) is 6.66. The van der Waals surface area contributed by atoms with Gasteiger partial charge in [-0.25, -0.2) is 4.79 Å². The van der Waals surface area contributed by atoms with Crippen molar-refractivity contribution < 1.29 is 37.5 Å². The van der Waals surface area contributed by atoms with Crippen LogP contribution in [0, 0.1) is 0 Å². The van der Waals surface area contributed by atoms with Crippen LogP contribution in [0.1, 0.15) is 32.7 Å². The number of carbonyl (C=O) groups is 4. The third kappa shape index (κ3) is 11.0. The number of alkyl halides is 3. The van der Waals surface area contributed by atoms with Gasteiger partial charge < -0.3 is 26.0 Å². The van der Waals surface area contributed by atoms with Crippen molar-refractivity contribution in [3.05, 3.63) is 114 Å². The lowest BCUT2D eigenvalue weighted by molar-refractivity contribution is -0.192. The smallest absolute Gasteiger partial charge is 0.475 e. The Morgan fingerprint density at radius 1 is 0.804 bits per heavy atom. The van der Waals surface area contributed by atoms with Crippen molar-refractivity contribution >= 4 is 40.2 Å². The summed E-state index contributed by atoms with van der Waals surface area (Å²) in [7, 11) is 3.97. The molecule has 0 fully saturated rings. The van der Waals surface area contributed by atoms with E-state index in [9.17, 15) is 27.6 Å². The van der Waals surface area contributed by atoms with E-state index in [1.54, 1.807) is 30.3 Å². The first-order valence-corrected chi connectivity index (χ1v) is 14.3. The van der Waals surface area contributed by atoms with Crippen LogP contribution in [-0.2, 0) is 16.0 Å². The lowest BCUT2D eigenvalue weighted by Crippen LogP contribution is -2.48. The number of nitrogens with one attached hydrogen (secondary N) is 3. The molecule has 12 heteroatoms. The maximum Gasteiger partial charge on any atom is 0.490 e. The van der Waals surface area contributed by atoms with Crippen molar-refractivity contribution in [1.29, 1.82) is 0 Å². The highest BCUT2D eigenvalue weighted by molar-refractivity contribution is 6.10. The van der Waals surface area contributed by atoms with E-state index >= 15 is 0 Å². The minimum Gasteiger partial charge on any atom is -0.475 e. The highest BCUT2D eigenvalue weighted by Crippen LogP contribution is 2.20. The zero-order valence-electron chi connectivity index (χ0n) is 25.3. The fraction of sp³-hybridized carbons (Fsp3) is 0.235. The number of carboxylic acid groups (broad SMARTS) is 1. The third-order valence-electron chi connectivity index (χ3n) is 6.66. The average molecular weight is 637 g/mol. The summed E-state index contributed by atoms with van der Waals surface area (Å²) in [5.74, 6) is -3.76. The number of benzene rings is 4. The Kier molecular flexibility index (Phi) is 12.8. The number of carboxylic acids is 1. The lowest BCUT2D eigenvalue weighted by Gasteiger charge is -2.20. The fourth-order valence-electron chi connectivity index (χ4n) is 4.34. The molecule has 242 valence electrons. The lowest BCUT2D eigenvalue weighted by atomic mass is 10.0. The summed E-state index contributed by atoms with van der Waals surface area (Å²) in [6.07, 6.45) is -3.94. The molecule has 3 amide bonds. The van der Waals surface area contributed by atoms with Crippen LogP contribution in [0.3, 0.4) is 0 Å². The van der Waals surface area contributed by atoms with Crippen molar-refractivity contribution in [2.45, 2.75) is 25.1 Å². The van der Waals surface area contributed by atoms with Crippen LogP contribution in [-0.4, -0.2) is 73.1 Å². The summed E-state index contributed by atoms with van der Waals surface area (Å²) < 4.78 is 31.7. The summed E-state index contributed by atoms with van der Waals surface area (Å²) in [6.45, 7) is 1.36. The van der Waals surface area contributed by atoms with Gasteiger partial charge in [0, 0.05) is 18.5 Å². The number of rotatable bonds is 11. The largest absolute Gasteiger partial charge is 0.490 e. The van der Waals surface area contributed by atoms with E-state index in [4.69, 9.17) is 9.90 Å². The first-order chi connectivity index (χ1) is 21.8. The second kappa shape index (κ2) is 16.7. The predicted molar refractivity (Wildman–Crippen MR) is 170 cm³/mol. The summed E-state index contributed by atoms with van der Waals surface area (Å²) in [5.41, 5.74) is 2.08. The van der Waals surface area contributed by atoms with E-state index < -0.39 is 24.1 Å². The molecule has 0 unspecified atom stereocenters. The Morgan fingerprint density at radius 3 is 2.07 bits per heavy atom. The van der Waals surface area contributed by atoms with Gasteiger partial charge in [0.2, 0.25) is 5.91 Å². The highest BCUT2D eigenvalue weighted by Gasteiger charge is 2.38. The summed E-state index contributed by atoms with van der Waals surface area (Å²) in [4.78, 5) is 50.6. The summed E-state index contributed by atoms with van der Waals surface area (Å²) in [5, 5.41) is 17.8. The van der Waals surface area contributed by atoms with Crippen LogP contribution in [0.2, 0.25) is 0 Å². The van der Waals surface area contributed by atoms with Gasteiger partial charge in [0.1, 0.15) is 6.04 Å². The van der Waals surface area contributed by atoms with Crippen LogP contribution in [0.15, 0.2) is 97.1 Å². The Labute approximate surface area is 264 Å². The molecule has 0 spiro atoms. The molecule has 0 aliphatic rings. The normalized spacial score (nSPS) is 11.6. The number of nitrogens with zero attached hydrogens (tertiary/aromatic N) is 1. The maximum absolute atomic E-state index is 13.4. The van der Waals surface area contributed by atoms with E-state index in [2.05, 4.69) is 20.9 Å². The number of carbonyl (C=O) groups excluding carboxylic acids is 3. The van der Waals surface area contributed by atoms with E-state index in [0.717, 1.165) is 29.3 Å². The van der Waals surface area contributed by atoms with E-state index in [0.29, 0.717) is 24.2 Å². The van der Waals surface area contributed by atoms with Gasteiger partial charge in [0.05, 0.1) is 11.3 Å². The Balaban J connectivity index is 0.000000738. The standard InChI is InChI=1S/C32H34N4O3.C2HF3O2/c1-36(2)20-10-19-33-32(39)29(21-23-11-4-3-5-12-23)35-31(38)27-15-8-9-16-28(27)34-30(37)26-18-17-24-13-6-7-14-25(24)22-26;3-2(4,5)1(6)7/h3-9,11-18,22,29H,10,19-21H2,1-2H3,(H,33,39)(H,34,37)(H,35,38);(H,6,7)/t29-;/m0./s1. The zero-order valence-corrected chi connectivity index (χ0v) is 25.3. The van der Waals surface area contributed by atoms with Gasteiger partial charge in [0.15, 0.2) is 0 Å². The van der Waals surface area contributed by atoms with Crippen molar-refractivity contribution in [2.24, 2.45) is 0 Å². The minimum atomic E-state index is -5.08. The Bertz CT molecular complexity index is 1640. The second-order valence-electron chi connectivity index (χ2n) is 10.5. The fourth-order valence-corrected chi connectivity index (χ4v) is 4.34. The van der Waals surface area contributed by atoms with Crippen LogP contribution < -0.4 is 16.0 Å². The van der Waals surface area contributed by atoms with Crippen molar-refractivity contribution in [3.8, 4) is 0 Å². The van der Waals surface area contributed by atoms with Crippen LogP contribution in [0.25, 0.3) is 10.8 Å². The molecule has 4 rings (SSSR count). The molecule has 1 atom stereocenters. The number of amides is 3. The molecular weight excluding hydrogens is 601 g/mol. The maximum atomic E-state index is 13.4. The number of para-hydroxylation sites is 1. The number of anilines is 1. The van der Waals surface area contributed by atoms with Gasteiger partial charge in [-0.05, 0) is 67.7 Å². The average Bonchev–Trinajstić information content (AvgIpc) is 3.03. The number of fused-ring (bicyclic) bond motifs is 1. The minimum absolute atomic E-state index is 0.247. The van der Waals surface area contributed by atoms with Crippen LogP contribution in [0.5, 0.6) is 0 Å². The molecule has 4 aromatic rings. The molecule has 0 radical (unpaired) electrons. The predicted octanol–water partition coefficient (Wildman–Crippen LogP) is 5.13. The monoisotopic (exact) mass is 636 g/mol. The molecule has 0 aliphatic heterocycles. The number of aliphatic carboxylic acids is 1. The topological polar surface area (TPSA) is 128 Å². The molecule has 0 saturated heterocycles. The molecule has 0 bridgehead atoms. The molecule has 4 N–H and O–H groups in total. The zero-order chi connectivity index (χ0) is 33.7. The van der Waals surface area contributed by atoms with Gasteiger partial charge in [-0.3, -0.25) is 14.4 Å². The van der Waals surface area contributed by atoms with Gasteiger partial charge >= 0.3 is 12.1 Å². The van der Waals surface area contributed by atoms with E-state index in [1.165, 1.54) is 0 Å². The molecule has 0 aliphatic carbocycles. The van der Waals surface area contributed by atoms with E-state index in [1.807, 2.05) is 80.8 Å². The number of hydrogen-bond donors (Lipinski definition) is 4. The highest BCUT2D eigenvalue weighted by atomic mass is 19.4. The first kappa shape index (κ1) is 35.3.